The lowest BCUT2D eigenvalue weighted by molar-refractivity contribution is 0.478. The molecule has 1 rings (SSSR count). The number of phenols is 1. The number of nitrogen functional groups attached to an aromatic ring is 1. The zero-order valence-electron chi connectivity index (χ0n) is 8.66. The monoisotopic (exact) mass is 211 g/mol. The van der Waals surface area contributed by atoms with E-state index in [4.69, 9.17) is 5.73 Å². The van der Waals surface area contributed by atoms with E-state index in [2.05, 4.69) is 13.8 Å². The Hall–Kier alpha value is -0.830. The number of phenolic OH excluding ortho intramolecular Hbond substituents is 1. The number of nitrogens with two attached hydrogens (primary N) is 1. The maximum Gasteiger partial charge on any atom is 0.138 e. The van der Waals surface area contributed by atoms with Gasteiger partial charge in [-0.2, -0.15) is 11.8 Å². The topological polar surface area (TPSA) is 46.2 Å². The molecule has 2 nitrogen and oxygen atoms in total. The molecule has 0 radical (unpaired) electrons. The van der Waals surface area contributed by atoms with Crippen LogP contribution in [-0.2, 0) is 5.75 Å². The van der Waals surface area contributed by atoms with E-state index in [9.17, 15) is 5.11 Å². The second kappa shape index (κ2) is 5.15. The molecule has 0 spiro atoms. The largest absolute Gasteiger partial charge is 0.506 e. The van der Waals surface area contributed by atoms with Gasteiger partial charge in [0.25, 0.3) is 0 Å². The van der Waals surface area contributed by atoms with E-state index in [1.165, 1.54) is 5.56 Å². The minimum absolute atomic E-state index is 0.169. The zero-order chi connectivity index (χ0) is 10.6. The molecular weight excluding hydrogens is 194 g/mol. The summed E-state index contributed by atoms with van der Waals surface area (Å²) in [5, 5.41) is 9.23. The van der Waals surface area contributed by atoms with Crippen molar-refractivity contribution in [3.05, 3.63) is 23.8 Å². The van der Waals surface area contributed by atoms with Crippen LogP contribution in [0, 0.1) is 5.92 Å². The Kier molecular flexibility index (Phi) is 4.14. The first kappa shape index (κ1) is 11.2. The van der Waals surface area contributed by atoms with E-state index in [0.717, 1.165) is 17.4 Å². The van der Waals surface area contributed by atoms with Crippen LogP contribution in [0.1, 0.15) is 19.4 Å². The fourth-order valence-electron chi connectivity index (χ4n) is 1.11. The zero-order valence-corrected chi connectivity index (χ0v) is 9.47. The van der Waals surface area contributed by atoms with E-state index in [0.29, 0.717) is 5.69 Å². The molecule has 3 N–H and O–H groups in total. The standard InChI is InChI=1S/C11H17NOS/c1-8(2)6-14-7-9-3-4-11(13)10(12)5-9/h3-5,8,13H,6-7,12H2,1-2H3. The van der Waals surface area contributed by atoms with Crippen molar-refractivity contribution < 1.29 is 5.11 Å². The normalized spacial score (nSPS) is 10.8. The van der Waals surface area contributed by atoms with Gasteiger partial charge in [0, 0.05) is 5.75 Å². The number of hydrogen-bond donors (Lipinski definition) is 2. The first-order chi connectivity index (χ1) is 6.59. The highest BCUT2D eigenvalue weighted by molar-refractivity contribution is 7.98. The lowest BCUT2D eigenvalue weighted by atomic mass is 10.2. The van der Waals surface area contributed by atoms with Crippen molar-refractivity contribution >= 4 is 17.4 Å². The van der Waals surface area contributed by atoms with Crippen molar-refractivity contribution in [2.45, 2.75) is 19.6 Å². The summed E-state index contributed by atoms with van der Waals surface area (Å²) >= 11 is 1.89. The second-order valence-corrected chi connectivity index (χ2v) is 4.83. The van der Waals surface area contributed by atoms with Gasteiger partial charge in [-0.1, -0.05) is 19.9 Å². The molecule has 0 saturated carbocycles. The van der Waals surface area contributed by atoms with Crippen molar-refractivity contribution in [3.63, 3.8) is 0 Å². The molecule has 0 saturated heterocycles. The summed E-state index contributed by atoms with van der Waals surface area (Å²) < 4.78 is 0. The predicted molar refractivity (Wildman–Crippen MR) is 63.5 cm³/mol. The molecule has 0 aliphatic heterocycles. The fraction of sp³-hybridized carbons (Fsp3) is 0.455. The smallest absolute Gasteiger partial charge is 0.138 e. The van der Waals surface area contributed by atoms with Crippen LogP contribution in [0.25, 0.3) is 0 Å². The van der Waals surface area contributed by atoms with E-state index in [1.807, 2.05) is 23.9 Å². The van der Waals surface area contributed by atoms with Gasteiger partial charge in [0.15, 0.2) is 0 Å². The van der Waals surface area contributed by atoms with Crippen LogP contribution < -0.4 is 5.73 Å². The summed E-state index contributed by atoms with van der Waals surface area (Å²) in [5.74, 6) is 3.00. The average molecular weight is 211 g/mol. The van der Waals surface area contributed by atoms with Crippen LogP contribution in [0.15, 0.2) is 18.2 Å². The summed E-state index contributed by atoms with van der Waals surface area (Å²) in [4.78, 5) is 0. The molecular formula is C11H17NOS. The van der Waals surface area contributed by atoms with Crippen LogP contribution in [0.5, 0.6) is 5.75 Å². The van der Waals surface area contributed by atoms with E-state index < -0.39 is 0 Å². The molecule has 0 heterocycles. The Balaban J connectivity index is 2.47. The first-order valence-corrected chi connectivity index (χ1v) is 5.90. The van der Waals surface area contributed by atoms with E-state index in [-0.39, 0.29) is 5.75 Å². The second-order valence-electron chi connectivity index (χ2n) is 3.80. The predicted octanol–water partition coefficient (Wildman–Crippen LogP) is 2.86. The quantitative estimate of drug-likeness (QED) is 0.594. The molecule has 0 atom stereocenters. The molecule has 0 aliphatic carbocycles. The summed E-state index contributed by atoms with van der Waals surface area (Å²) in [6, 6.07) is 5.41. The number of rotatable bonds is 4. The minimum Gasteiger partial charge on any atom is -0.506 e. The Bertz CT molecular complexity index is 299. The van der Waals surface area contributed by atoms with Crippen LogP contribution >= 0.6 is 11.8 Å². The molecule has 0 aliphatic rings. The van der Waals surface area contributed by atoms with Crippen molar-refractivity contribution in [3.8, 4) is 5.75 Å². The number of hydrogen-bond acceptors (Lipinski definition) is 3. The minimum atomic E-state index is 0.169. The van der Waals surface area contributed by atoms with Gasteiger partial charge in [-0.05, 0) is 29.4 Å². The van der Waals surface area contributed by atoms with Crippen LogP contribution in [-0.4, -0.2) is 10.9 Å². The Labute approximate surface area is 89.5 Å². The van der Waals surface area contributed by atoms with Crippen molar-refractivity contribution in [2.24, 2.45) is 5.92 Å². The van der Waals surface area contributed by atoms with Gasteiger partial charge in [-0.25, -0.2) is 0 Å². The van der Waals surface area contributed by atoms with Gasteiger partial charge in [0.2, 0.25) is 0 Å². The van der Waals surface area contributed by atoms with Crippen molar-refractivity contribution in [1.29, 1.82) is 0 Å². The van der Waals surface area contributed by atoms with E-state index >= 15 is 0 Å². The number of aromatic hydroxyl groups is 1. The van der Waals surface area contributed by atoms with Gasteiger partial charge in [0.05, 0.1) is 5.69 Å². The van der Waals surface area contributed by atoms with Crippen LogP contribution in [0.4, 0.5) is 5.69 Å². The SMILES string of the molecule is CC(C)CSCc1ccc(O)c(N)c1. The highest BCUT2D eigenvalue weighted by atomic mass is 32.2. The molecule has 3 heteroatoms. The fourth-order valence-corrected chi connectivity index (χ4v) is 2.11. The lowest BCUT2D eigenvalue weighted by Crippen LogP contribution is -1.92. The molecule has 14 heavy (non-hydrogen) atoms. The molecule has 0 aromatic heterocycles. The Morgan fingerprint density at radius 1 is 1.43 bits per heavy atom. The lowest BCUT2D eigenvalue weighted by Gasteiger charge is -2.06. The molecule has 1 aromatic carbocycles. The van der Waals surface area contributed by atoms with Gasteiger partial charge < -0.3 is 10.8 Å². The summed E-state index contributed by atoms with van der Waals surface area (Å²) in [6.07, 6.45) is 0. The maximum atomic E-state index is 9.23. The van der Waals surface area contributed by atoms with E-state index in [1.54, 1.807) is 6.07 Å². The summed E-state index contributed by atoms with van der Waals surface area (Å²) in [5.41, 5.74) is 7.23. The Morgan fingerprint density at radius 2 is 2.14 bits per heavy atom. The number of thioether (sulfide) groups is 1. The molecule has 0 bridgehead atoms. The molecule has 0 unspecified atom stereocenters. The van der Waals surface area contributed by atoms with Crippen molar-refractivity contribution in [2.75, 3.05) is 11.5 Å². The van der Waals surface area contributed by atoms with Gasteiger partial charge in [-0.15, -0.1) is 0 Å². The highest BCUT2D eigenvalue weighted by Gasteiger charge is 2.00. The van der Waals surface area contributed by atoms with Gasteiger partial charge in [0.1, 0.15) is 5.75 Å². The summed E-state index contributed by atoms with van der Waals surface area (Å²) in [6.45, 7) is 4.41. The third-order valence-electron chi connectivity index (χ3n) is 1.81. The molecule has 0 fully saturated rings. The maximum absolute atomic E-state index is 9.23. The third-order valence-corrected chi connectivity index (χ3v) is 3.25. The molecule has 0 amide bonds. The number of benzene rings is 1. The van der Waals surface area contributed by atoms with Crippen LogP contribution in [0.3, 0.4) is 0 Å². The first-order valence-electron chi connectivity index (χ1n) is 4.74. The molecule has 1 aromatic rings. The number of anilines is 1. The highest BCUT2D eigenvalue weighted by Crippen LogP contribution is 2.23. The van der Waals surface area contributed by atoms with Gasteiger partial charge in [-0.3, -0.25) is 0 Å². The third kappa shape index (κ3) is 3.50. The Morgan fingerprint density at radius 3 is 2.71 bits per heavy atom. The van der Waals surface area contributed by atoms with Crippen LogP contribution in [0.2, 0.25) is 0 Å². The summed E-state index contributed by atoms with van der Waals surface area (Å²) in [7, 11) is 0. The van der Waals surface area contributed by atoms with Gasteiger partial charge >= 0.3 is 0 Å². The average Bonchev–Trinajstić information content (AvgIpc) is 2.10. The molecule has 78 valence electrons. The van der Waals surface area contributed by atoms with Crippen molar-refractivity contribution in [1.82, 2.24) is 0 Å².